The van der Waals surface area contributed by atoms with Gasteiger partial charge in [0.15, 0.2) is 0 Å². The predicted octanol–water partition coefficient (Wildman–Crippen LogP) is 4.27. The molecule has 1 amide bonds. The van der Waals surface area contributed by atoms with Gasteiger partial charge in [-0.25, -0.2) is 0 Å². The van der Waals surface area contributed by atoms with E-state index in [1.165, 1.54) is 16.3 Å². The highest BCUT2D eigenvalue weighted by atomic mass is 35.5. The maximum Gasteiger partial charge on any atom is 0.240 e. The molecule has 0 bridgehead atoms. The van der Waals surface area contributed by atoms with E-state index in [1.807, 2.05) is 30.9 Å². The van der Waals surface area contributed by atoms with Crippen molar-refractivity contribution in [1.29, 1.82) is 0 Å². The number of benzene rings is 2. The Morgan fingerprint density at radius 2 is 1.81 bits per heavy atom. The summed E-state index contributed by atoms with van der Waals surface area (Å²) in [5.41, 5.74) is 0.635. The average Bonchev–Trinajstić information content (AvgIpc) is 2.75. The summed E-state index contributed by atoms with van der Waals surface area (Å²) in [4.78, 5) is 17.0. The van der Waals surface area contributed by atoms with Crippen molar-refractivity contribution in [3.63, 3.8) is 0 Å². The Hall–Kier alpha value is -2.32. The topological polar surface area (TPSA) is 35.6 Å². The van der Waals surface area contributed by atoms with Crippen LogP contribution in [0.4, 0.5) is 0 Å². The number of carbonyl (C=O) groups is 1. The average molecular weight is 440 g/mol. The fraction of sp³-hybridized carbons (Fsp3) is 0.423. The molecule has 31 heavy (non-hydrogen) atoms. The zero-order valence-electron chi connectivity index (χ0n) is 19.0. The first kappa shape index (κ1) is 24.9. The molecule has 1 aliphatic heterocycles. The number of nitrogens with one attached hydrogen (secondary N) is 1. The predicted molar refractivity (Wildman–Crippen MR) is 132 cm³/mol. The first-order chi connectivity index (χ1) is 14.4. The monoisotopic (exact) mass is 439 g/mol. The van der Waals surface area contributed by atoms with Crippen LogP contribution in [0, 0.1) is 17.3 Å². The van der Waals surface area contributed by atoms with Crippen LogP contribution in [0.5, 0.6) is 0 Å². The van der Waals surface area contributed by atoms with Crippen LogP contribution in [0.2, 0.25) is 0 Å². The first-order valence-corrected chi connectivity index (χ1v) is 10.7. The van der Waals surface area contributed by atoms with Crippen molar-refractivity contribution in [3.8, 4) is 11.8 Å². The number of piperazine rings is 1. The Kier molecular flexibility index (Phi) is 9.13. The fourth-order valence-corrected chi connectivity index (χ4v) is 3.78. The van der Waals surface area contributed by atoms with Crippen molar-refractivity contribution in [1.82, 2.24) is 15.1 Å². The van der Waals surface area contributed by atoms with Crippen molar-refractivity contribution in [2.45, 2.75) is 26.8 Å². The van der Waals surface area contributed by atoms with Crippen LogP contribution >= 0.6 is 12.4 Å². The Balaban J connectivity index is 0.00000341. The SMILES string of the molecule is C[C@@H](NCC=CC#CC(C)(C)C(=O)N1CCN(C)CC1)c1cccc2ccccc12.Cl. The van der Waals surface area contributed by atoms with E-state index in [0.29, 0.717) is 0 Å². The lowest BCUT2D eigenvalue weighted by Gasteiger charge is -2.35. The van der Waals surface area contributed by atoms with Crippen LogP contribution in [0.25, 0.3) is 10.8 Å². The van der Waals surface area contributed by atoms with Crippen molar-refractivity contribution < 1.29 is 4.79 Å². The van der Waals surface area contributed by atoms with Gasteiger partial charge in [-0.05, 0) is 50.2 Å². The van der Waals surface area contributed by atoms with Crippen LogP contribution in [-0.4, -0.2) is 55.5 Å². The van der Waals surface area contributed by atoms with Gasteiger partial charge in [-0.2, -0.15) is 0 Å². The lowest BCUT2D eigenvalue weighted by molar-refractivity contribution is -0.139. The van der Waals surface area contributed by atoms with Gasteiger partial charge in [-0.15, -0.1) is 12.4 Å². The van der Waals surface area contributed by atoms with Gasteiger partial charge in [0.25, 0.3) is 0 Å². The second kappa shape index (κ2) is 11.3. The smallest absolute Gasteiger partial charge is 0.240 e. The number of allylic oxidation sites excluding steroid dienone is 1. The van der Waals surface area contributed by atoms with Gasteiger partial charge in [-0.1, -0.05) is 60.4 Å². The largest absolute Gasteiger partial charge is 0.339 e. The number of rotatable bonds is 5. The van der Waals surface area contributed by atoms with Gasteiger partial charge in [0, 0.05) is 38.8 Å². The van der Waals surface area contributed by atoms with Crippen molar-refractivity contribution in [2.24, 2.45) is 5.41 Å². The normalized spacial score (nSPS) is 15.9. The first-order valence-electron chi connectivity index (χ1n) is 10.7. The van der Waals surface area contributed by atoms with E-state index >= 15 is 0 Å². The lowest BCUT2D eigenvalue weighted by atomic mass is 9.92. The molecule has 4 nitrogen and oxygen atoms in total. The van der Waals surface area contributed by atoms with Gasteiger partial charge in [-0.3, -0.25) is 4.79 Å². The van der Waals surface area contributed by atoms with Crippen LogP contribution < -0.4 is 5.32 Å². The van der Waals surface area contributed by atoms with Gasteiger partial charge in [0.1, 0.15) is 5.41 Å². The molecule has 5 heteroatoms. The summed E-state index contributed by atoms with van der Waals surface area (Å²) in [5.74, 6) is 6.34. The van der Waals surface area contributed by atoms with E-state index in [2.05, 4.69) is 78.5 Å². The van der Waals surface area contributed by atoms with Crippen LogP contribution in [0.1, 0.15) is 32.4 Å². The van der Waals surface area contributed by atoms with Gasteiger partial charge in [0.05, 0.1) is 0 Å². The molecular formula is C26H34ClN3O. The third kappa shape index (κ3) is 6.58. The summed E-state index contributed by atoms with van der Waals surface area (Å²) < 4.78 is 0. The van der Waals surface area contributed by atoms with Crippen molar-refractivity contribution >= 4 is 29.1 Å². The number of nitrogens with zero attached hydrogens (tertiary/aromatic N) is 2. The minimum Gasteiger partial charge on any atom is -0.339 e. The second-order valence-corrected chi connectivity index (χ2v) is 8.59. The third-order valence-electron chi connectivity index (χ3n) is 5.74. The molecule has 2 aromatic carbocycles. The molecule has 0 saturated carbocycles. The van der Waals surface area contributed by atoms with Crippen LogP contribution in [0.3, 0.4) is 0 Å². The number of halogens is 1. The molecule has 2 aromatic rings. The highest BCUT2D eigenvalue weighted by molar-refractivity contribution is 5.86. The molecule has 1 atom stereocenters. The van der Waals surface area contributed by atoms with E-state index in [-0.39, 0.29) is 24.4 Å². The summed E-state index contributed by atoms with van der Waals surface area (Å²) in [7, 11) is 2.09. The van der Waals surface area contributed by atoms with E-state index in [4.69, 9.17) is 0 Å². The lowest BCUT2D eigenvalue weighted by Crippen LogP contribution is -2.50. The molecule has 1 fully saturated rings. The maximum atomic E-state index is 12.8. The molecule has 3 rings (SSSR count). The highest BCUT2D eigenvalue weighted by Crippen LogP contribution is 2.24. The number of hydrogen-bond acceptors (Lipinski definition) is 3. The van der Waals surface area contributed by atoms with Crippen molar-refractivity contribution in [3.05, 3.63) is 60.2 Å². The van der Waals surface area contributed by atoms with E-state index < -0.39 is 5.41 Å². The molecule has 0 radical (unpaired) electrons. The second-order valence-electron chi connectivity index (χ2n) is 8.59. The number of fused-ring (bicyclic) bond motifs is 1. The quantitative estimate of drug-likeness (QED) is 0.706. The summed E-state index contributed by atoms with van der Waals surface area (Å²) in [6.07, 6.45) is 3.87. The number of likely N-dealkylation sites (N-methyl/N-ethyl adjacent to an activating group) is 1. The summed E-state index contributed by atoms with van der Waals surface area (Å²) in [6, 6.07) is 15.1. The maximum absolute atomic E-state index is 12.8. The molecule has 0 spiro atoms. The van der Waals surface area contributed by atoms with Gasteiger partial charge < -0.3 is 15.1 Å². The number of amides is 1. The Labute approximate surface area is 193 Å². The van der Waals surface area contributed by atoms with E-state index in [1.54, 1.807) is 0 Å². The highest BCUT2D eigenvalue weighted by Gasteiger charge is 2.31. The van der Waals surface area contributed by atoms with E-state index in [9.17, 15) is 4.79 Å². The Morgan fingerprint density at radius 3 is 2.55 bits per heavy atom. The van der Waals surface area contributed by atoms with Crippen LogP contribution in [-0.2, 0) is 4.79 Å². The van der Waals surface area contributed by atoms with E-state index in [0.717, 1.165) is 32.7 Å². The summed E-state index contributed by atoms with van der Waals surface area (Å²) in [5, 5.41) is 6.08. The molecule has 1 saturated heterocycles. The molecule has 1 aliphatic rings. The minimum atomic E-state index is -0.663. The number of carbonyl (C=O) groups excluding carboxylic acids is 1. The minimum absolute atomic E-state index is 0. The fourth-order valence-electron chi connectivity index (χ4n) is 3.78. The van der Waals surface area contributed by atoms with Crippen molar-refractivity contribution in [2.75, 3.05) is 39.8 Å². The van der Waals surface area contributed by atoms with Gasteiger partial charge >= 0.3 is 0 Å². The summed E-state index contributed by atoms with van der Waals surface area (Å²) in [6.45, 7) is 10.2. The molecular weight excluding hydrogens is 406 g/mol. The Bertz CT molecular complexity index is 960. The molecule has 0 aliphatic carbocycles. The molecule has 0 unspecified atom stereocenters. The zero-order valence-corrected chi connectivity index (χ0v) is 19.8. The summed E-state index contributed by atoms with van der Waals surface area (Å²) >= 11 is 0. The van der Waals surface area contributed by atoms with Crippen LogP contribution in [0.15, 0.2) is 54.6 Å². The Morgan fingerprint density at radius 1 is 1.13 bits per heavy atom. The number of hydrogen-bond donors (Lipinski definition) is 1. The standard InChI is InChI=1S/C26H33N3O.ClH/c1-21(23-14-10-12-22-11-6-7-13-24(22)23)27-16-9-5-8-15-26(2,3)25(30)29-19-17-28(4)18-20-29;/h5-7,9-14,21,27H,16-20H2,1-4H3;1H/t21-;/m1./s1. The molecule has 1 N–H and O–H groups in total. The zero-order chi connectivity index (χ0) is 21.6. The third-order valence-corrected chi connectivity index (χ3v) is 5.74. The molecule has 1 heterocycles. The van der Waals surface area contributed by atoms with Gasteiger partial charge in [0.2, 0.25) is 5.91 Å². The molecule has 0 aromatic heterocycles. The molecule has 166 valence electrons.